The van der Waals surface area contributed by atoms with Crippen molar-refractivity contribution >= 4 is 31.6 Å². The topological polar surface area (TPSA) is 66.4 Å². The molecule has 0 aliphatic heterocycles. The van der Waals surface area contributed by atoms with E-state index in [-0.39, 0.29) is 10.6 Å². The minimum atomic E-state index is -3.81. The van der Waals surface area contributed by atoms with E-state index in [4.69, 9.17) is 0 Å². The Morgan fingerprint density at radius 1 is 1.16 bits per heavy atom. The van der Waals surface area contributed by atoms with Crippen molar-refractivity contribution in [3.8, 4) is 5.75 Å². The van der Waals surface area contributed by atoms with Crippen molar-refractivity contribution in [2.24, 2.45) is 0 Å². The molecule has 2 aromatic carbocycles. The normalized spacial score (nSPS) is 11.3. The van der Waals surface area contributed by atoms with E-state index in [2.05, 4.69) is 20.7 Å². The molecule has 2 rings (SSSR count). The number of para-hydroxylation sites is 1. The Morgan fingerprint density at radius 3 is 2.53 bits per heavy atom. The third-order valence-corrected chi connectivity index (χ3v) is 4.63. The van der Waals surface area contributed by atoms with Crippen LogP contribution in [0.1, 0.15) is 5.56 Å². The average Bonchev–Trinajstić information content (AvgIpc) is 2.34. The smallest absolute Gasteiger partial charge is 0.265 e. The molecular formula is C13H12BrNO3S. The number of nitrogens with one attached hydrogen (secondary N) is 1. The third-order valence-electron chi connectivity index (χ3n) is 2.52. The molecule has 0 spiro atoms. The highest BCUT2D eigenvalue weighted by Crippen LogP contribution is 2.28. The quantitative estimate of drug-likeness (QED) is 0.900. The zero-order valence-electron chi connectivity index (χ0n) is 10.1. The van der Waals surface area contributed by atoms with E-state index < -0.39 is 10.0 Å². The number of halogens is 1. The zero-order chi connectivity index (χ0) is 14.0. The Labute approximate surface area is 120 Å². The largest absolute Gasteiger partial charge is 0.507 e. The summed E-state index contributed by atoms with van der Waals surface area (Å²) in [5, 5.41) is 9.62. The molecule has 0 atom stereocenters. The van der Waals surface area contributed by atoms with Crippen LogP contribution >= 0.6 is 15.9 Å². The van der Waals surface area contributed by atoms with Crippen LogP contribution in [0.5, 0.6) is 5.75 Å². The number of aryl methyl sites for hydroxylation is 1. The second-order valence-electron chi connectivity index (χ2n) is 4.06. The van der Waals surface area contributed by atoms with Gasteiger partial charge >= 0.3 is 0 Å². The van der Waals surface area contributed by atoms with Crippen LogP contribution < -0.4 is 4.72 Å². The van der Waals surface area contributed by atoms with E-state index in [1.807, 2.05) is 13.0 Å². The van der Waals surface area contributed by atoms with Crippen LogP contribution in [-0.2, 0) is 10.0 Å². The van der Waals surface area contributed by atoms with Gasteiger partial charge in [0.15, 0.2) is 0 Å². The van der Waals surface area contributed by atoms with Crippen LogP contribution in [0.15, 0.2) is 51.8 Å². The molecule has 0 bridgehead atoms. The molecule has 0 radical (unpaired) electrons. The molecule has 0 aliphatic rings. The fourth-order valence-corrected chi connectivity index (χ4v) is 3.25. The summed E-state index contributed by atoms with van der Waals surface area (Å²) in [4.78, 5) is -0.150. The first kappa shape index (κ1) is 13.9. The van der Waals surface area contributed by atoms with Crippen LogP contribution in [0, 0.1) is 6.92 Å². The van der Waals surface area contributed by atoms with Gasteiger partial charge < -0.3 is 5.11 Å². The van der Waals surface area contributed by atoms with Gasteiger partial charge in [0.25, 0.3) is 10.0 Å². The van der Waals surface area contributed by atoms with Gasteiger partial charge in [-0.05, 0) is 52.7 Å². The third kappa shape index (κ3) is 3.08. The molecule has 0 aromatic heterocycles. The first-order valence-electron chi connectivity index (χ1n) is 5.47. The van der Waals surface area contributed by atoms with E-state index in [0.29, 0.717) is 10.2 Å². The Bertz CT molecular complexity index is 714. The molecule has 0 saturated carbocycles. The van der Waals surface area contributed by atoms with Crippen molar-refractivity contribution in [3.63, 3.8) is 0 Å². The lowest BCUT2D eigenvalue weighted by molar-refractivity contribution is 0.459. The average molecular weight is 342 g/mol. The minimum Gasteiger partial charge on any atom is -0.507 e. The number of sulfonamides is 1. The molecule has 2 N–H and O–H groups in total. The molecule has 0 heterocycles. The maximum absolute atomic E-state index is 12.2. The highest BCUT2D eigenvalue weighted by atomic mass is 79.9. The Hall–Kier alpha value is -1.53. The Kier molecular flexibility index (Phi) is 3.82. The number of anilines is 1. The molecule has 19 heavy (non-hydrogen) atoms. The van der Waals surface area contributed by atoms with Gasteiger partial charge in [-0.3, -0.25) is 4.72 Å². The molecular weight excluding hydrogens is 330 g/mol. The summed E-state index contributed by atoms with van der Waals surface area (Å²) in [6.45, 7) is 1.87. The summed E-state index contributed by atoms with van der Waals surface area (Å²) < 4.78 is 27.5. The van der Waals surface area contributed by atoms with E-state index in [9.17, 15) is 13.5 Å². The number of hydrogen-bond donors (Lipinski definition) is 2. The second kappa shape index (κ2) is 5.22. The van der Waals surface area contributed by atoms with E-state index in [1.165, 1.54) is 12.1 Å². The molecule has 0 fully saturated rings. The Balaban J connectivity index is 2.43. The van der Waals surface area contributed by atoms with E-state index in [1.54, 1.807) is 24.3 Å². The van der Waals surface area contributed by atoms with Crippen molar-refractivity contribution in [2.45, 2.75) is 11.8 Å². The maximum atomic E-state index is 12.2. The van der Waals surface area contributed by atoms with Gasteiger partial charge in [0.1, 0.15) is 10.6 Å². The molecule has 0 saturated heterocycles. The van der Waals surface area contributed by atoms with Crippen LogP contribution in [0.4, 0.5) is 5.69 Å². The number of phenolic OH excluding ortho intramolecular Hbond substituents is 1. The molecule has 0 amide bonds. The lowest BCUT2D eigenvalue weighted by atomic mass is 10.2. The minimum absolute atomic E-state index is 0.150. The summed E-state index contributed by atoms with van der Waals surface area (Å²) in [6.07, 6.45) is 0. The first-order chi connectivity index (χ1) is 8.90. The van der Waals surface area contributed by atoms with Gasteiger partial charge in [-0.25, -0.2) is 8.42 Å². The predicted molar refractivity (Wildman–Crippen MR) is 77.8 cm³/mol. The van der Waals surface area contributed by atoms with Crippen LogP contribution in [-0.4, -0.2) is 13.5 Å². The van der Waals surface area contributed by atoms with Gasteiger partial charge in [-0.2, -0.15) is 0 Å². The fourth-order valence-electron chi connectivity index (χ4n) is 1.60. The summed E-state index contributed by atoms with van der Waals surface area (Å²) in [6, 6.07) is 11.1. The number of phenols is 1. The molecule has 4 nitrogen and oxygen atoms in total. The molecule has 6 heteroatoms. The fraction of sp³-hybridized carbons (Fsp3) is 0.0769. The monoisotopic (exact) mass is 341 g/mol. The van der Waals surface area contributed by atoms with Crippen molar-refractivity contribution < 1.29 is 13.5 Å². The molecule has 0 aliphatic carbocycles. The highest BCUT2D eigenvalue weighted by Gasteiger charge is 2.19. The summed E-state index contributed by atoms with van der Waals surface area (Å²) >= 11 is 3.28. The van der Waals surface area contributed by atoms with Crippen molar-refractivity contribution in [3.05, 3.63) is 52.5 Å². The number of aromatic hydroxyl groups is 1. The number of benzene rings is 2. The summed E-state index contributed by atoms with van der Waals surface area (Å²) in [7, 11) is -3.81. The van der Waals surface area contributed by atoms with Crippen LogP contribution in [0.3, 0.4) is 0 Å². The zero-order valence-corrected chi connectivity index (χ0v) is 12.5. The maximum Gasteiger partial charge on any atom is 0.265 e. The van der Waals surface area contributed by atoms with E-state index in [0.717, 1.165) is 5.56 Å². The van der Waals surface area contributed by atoms with E-state index >= 15 is 0 Å². The standard InChI is InChI=1S/C13H12BrNO3S/c1-9-6-7-10(14)11(8-9)15-19(17,18)13-5-3-2-4-12(13)16/h2-8,15-16H,1H3. The first-order valence-corrected chi connectivity index (χ1v) is 7.75. The summed E-state index contributed by atoms with van der Waals surface area (Å²) in [5.74, 6) is -0.279. The second-order valence-corrected chi connectivity index (χ2v) is 6.56. The van der Waals surface area contributed by atoms with Gasteiger partial charge in [0.05, 0.1) is 5.69 Å². The summed E-state index contributed by atoms with van der Waals surface area (Å²) in [5.41, 5.74) is 1.36. The number of rotatable bonds is 3. The van der Waals surface area contributed by atoms with Gasteiger partial charge in [0.2, 0.25) is 0 Å². The van der Waals surface area contributed by atoms with Crippen molar-refractivity contribution in [1.29, 1.82) is 0 Å². The van der Waals surface area contributed by atoms with Crippen LogP contribution in [0.2, 0.25) is 0 Å². The SMILES string of the molecule is Cc1ccc(Br)c(NS(=O)(=O)c2ccccc2O)c1. The highest BCUT2D eigenvalue weighted by molar-refractivity contribution is 9.10. The molecule has 2 aromatic rings. The van der Waals surface area contributed by atoms with Crippen molar-refractivity contribution in [1.82, 2.24) is 0 Å². The predicted octanol–water partition coefficient (Wildman–Crippen LogP) is 3.26. The van der Waals surface area contributed by atoms with Gasteiger partial charge in [-0.15, -0.1) is 0 Å². The van der Waals surface area contributed by atoms with Crippen LogP contribution in [0.25, 0.3) is 0 Å². The van der Waals surface area contributed by atoms with Gasteiger partial charge in [0, 0.05) is 4.47 Å². The number of hydrogen-bond acceptors (Lipinski definition) is 3. The molecule has 100 valence electrons. The Morgan fingerprint density at radius 2 is 1.84 bits per heavy atom. The molecule has 0 unspecified atom stereocenters. The lowest BCUT2D eigenvalue weighted by Gasteiger charge is -2.11. The lowest BCUT2D eigenvalue weighted by Crippen LogP contribution is -2.13. The van der Waals surface area contributed by atoms with Crippen molar-refractivity contribution in [2.75, 3.05) is 4.72 Å². The van der Waals surface area contributed by atoms with Gasteiger partial charge in [-0.1, -0.05) is 18.2 Å².